The second-order valence-electron chi connectivity index (χ2n) is 5.40. The Bertz CT molecular complexity index is 346. The van der Waals surface area contributed by atoms with Gasteiger partial charge in [-0.2, -0.15) is 0 Å². The molecule has 0 radical (unpaired) electrons. The molecule has 1 aliphatic rings. The van der Waals surface area contributed by atoms with E-state index < -0.39 is 11.4 Å². The Labute approximate surface area is 98.1 Å². The van der Waals surface area contributed by atoms with Crippen LogP contribution in [0.2, 0.25) is 0 Å². The Balaban J connectivity index is 2.89. The molecule has 1 rings (SSSR count). The number of hydrogen-bond donors (Lipinski definition) is 1. The smallest absolute Gasteiger partial charge is 0.309 e. The van der Waals surface area contributed by atoms with Crippen molar-refractivity contribution in [2.24, 2.45) is 5.41 Å². The molecule has 0 bridgehead atoms. The zero-order chi connectivity index (χ0) is 12.3. The third kappa shape index (κ3) is 2.97. The largest absolute Gasteiger partial charge is 0.481 e. The molecule has 90 valence electrons. The molecule has 1 N–H and O–H groups in total. The molecule has 0 saturated carbocycles. The number of hydrogen-bond acceptors (Lipinski definition) is 1. The first-order valence-corrected chi connectivity index (χ1v) is 5.94. The van der Waals surface area contributed by atoms with Crippen LogP contribution in [0.25, 0.3) is 0 Å². The fraction of sp³-hybridized carbons (Fsp3) is 0.643. The van der Waals surface area contributed by atoms with Gasteiger partial charge in [0.2, 0.25) is 0 Å². The van der Waals surface area contributed by atoms with Gasteiger partial charge in [0.05, 0.1) is 5.41 Å². The average molecular weight is 222 g/mol. The minimum Gasteiger partial charge on any atom is -0.481 e. The molecule has 0 fully saturated rings. The van der Waals surface area contributed by atoms with Crippen molar-refractivity contribution in [2.75, 3.05) is 0 Å². The van der Waals surface area contributed by atoms with E-state index in [0.29, 0.717) is 6.42 Å². The van der Waals surface area contributed by atoms with E-state index in [1.54, 1.807) is 13.8 Å². The van der Waals surface area contributed by atoms with Crippen molar-refractivity contribution in [3.8, 4) is 0 Å². The maximum absolute atomic E-state index is 11.1. The highest BCUT2D eigenvalue weighted by atomic mass is 16.4. The summed E-state index contributed by atoms with van der Waals surface area (Å²) in [5, 5.41) is 9.12. The van der Waals surface area contributed by atoms with Crippen LogP contribution in [0.1, 0.15) is 53.4 Å². The maximum Gasteiger partial charge on any atom is 0.309 e. The van der Waals surface area contributed by atoms with Crippen molar-refractivity contribution in [1.82, 2.24) is 0 Å². The Morgan fingerprint density at radius 2 is 2.12 bits per heavy atom. The van der Waals surface area contributed by atoms with Gasteiger partial charge in [0.1, 0.15) is 0 Å². The number of rotatable bonds is 3. The van der Waals surface area contributed by atoms with Gasteiger partial charge < -0.3 is 5.11 Å². The summed E-state index contributed by atoms with van der Waals surface area (Å²) in [5.74, 6) is -0.718. The maximum atomic E-state index is 11.1. The Hall–Kier alpha value is -1.05. The first kappa shape index (κ1) is 13.0. The molecule has 16 heavy (non-hydrogen) atoms. The summed E-state index contributed by atoms with van der Waals surface area (Å²) < 4.78 is 0. The molecule has 0 saturated heterocycles. The minimum atomic E-state index is -0.718. The third-order valence-electron chi connectivity index (χ3n) is 3.36. The predicted molar refractivity (Wildman–Crippen MR) is 66.3 cm³/mol. The van der Waals surface area contributed by atoms with E-state index in [1.165, 1.54) is 23.1 Å². The zero-order valence-electron chi connectivity index (χ0n) is 10.8. The van der Waals surface area contributed by atoms with E-state index in [1.807, 2.05) is 0 Å². The topological polar surface area (TPSA) is 37.3 Å². The summed E-state index contributed by atoms with van der Waals surface area (Å²) in [7, 11) is 0. The summed E-state index contributed by atoms with van der Waals surface area (Å²) in [6.45, 7) is 7.79. The van der Waals surface area contributed by atoms with Gasteiger partial charge in [0.25, 0.3) is 0 Å². The molecule has 1 aliphatic carbocycles. The van der Waals surface area contributed by atoms with Crippen LogP contribution >= 0.6 is 0 Å². The molecule has 2 heteroatoms. The molecule has 0 unspecified atom stereocenters. The fourth-order valence-corrected chi connectivity index (χ4v) is 2.31. The van der Waals surface area contributed by atoms with E-state index in [2.05, 4.69) is 19.9 Å². The molecule has 2 nitrogen and oxygen atoms in total. The van der Waals surface area contributed by atoms with Crippen molar-refractivity contribution >= 4 is 5.97 Å². The lowest BCUT2D eigenvalue weighted by molar-refractivity contribution is -0.146. The predicted octanol–water partition coefficient (Wildman–Crippen LogP) is 3.93. The van der Waals surface area contributed by atoms with Gasteiger partial charge in [-0.25, -0.2) is 0 Å². The van der Waals surface area contributed by atoms with Crippen LogP contribution in [-0.2, 0) is 4.79 Å². The molecule has 0 atom stereocenters. The Morgan fingerprint density at radius 3 is 2.62 bits per heavy atom. The van der Waals surface area contributed by atoms with Crippen LogP contribution in [0.15, 0.2) is 22.8 Å². The highest BCUT2D eigenvalue weighted by Gasteiger charge is 2.28. The van der Waals surface area contributed by atoms with Crippen LogP contribution in [0.4, 0.5) is 0 Å². The van der Waals surface area contributed by atoms with Crippen molar-refractivity contribution in [3.63, 3.8) is 0 Å². The lowest BCUT2D eigenvalue weighted by Gasteiger charge is -2.23. The van der Waals surface area contributed by atoms with Crippen LogP contribution in [0, 0.1) is 5.41 Å². The summed E-state index contributed by atoms with van der Waals surface area (Å²) in [6.07, 6.45) is 6.35. The van der Waals surface area contributed by atoms with E-state index in [4.69, 9.17) is 5.11 Å². The Kier molecular flexibility index (Phi) is 3.95. The van der Waals surface area contributed by atoms with E-state index in [0.717, 1.165) is 12.8 Å². The molecular weight excluding hydrogens is 200 g/mol. The number of allylic oxidation sites excluding steroid dienone is 4. The standard InChI is InChI=1S/C14H22O2/c1-10-7-5-6-8-12(10)11(2)9-14(3,4)13(15)16/h7H,5-6,8-9H2,1-4H3,(H,15,16)/b12-11+. The first-order chi connectivity index (χ1) is 7.34. The number of carboxylic acids is 1. The third-order valence-corrected chi connectivity index (χ3v) is 3.36. The van der Waals surface area contributed by atoms with Crippen molar-refractivity contribution in [3.05, 3.63) is 22.8 Å². The van der Waals surface area contributed by atoms with Gasteiger partial charge in [-0.1, -0.05) is 17.2 Å². The summed E-state index contributed by atoms with van der Waals surface area (Å²) in [6, 6.07) is 0. The average Bonchev–Trinajstić information content (AvgIpc) is 2.17. The van der Waals surface area contributed by atoms with Gasteiger partial charge in [-0.05, 0) is 59.0 Å². The number of carboxylic acid groups (broad SMARTS) is 1. The lowest BCUT2D eigenvalue weighted by atomic mass is 9.81. The van der Waals surface area contributed by atoms with E-state index in [9.17, 15) is 4.79 Å². The quantitative estimate of drug-likeness (QED) is 0.785. The normalized spacial score (nSPS) is 20.4. The molecular formula is C14H22O2. The molecule has 0 heterocycles. The summed E-state index contributed by atoms with van der Waals surface area (Å²) in [5.41, 5.74) is 3.29. The molecule has 0 aromatic carbocycles. The molecule has 0 spiro atoms. The minimum absolute atomic E-state index is 0.642. The summed E-state index contributed by atoms with van der Waals surface area (Å²) in [4.78, 5) is 11.1. The van der Waals surface area contributed by atoms with Crippen molar-refractivity contribution in [1.29, 1.82) is 0 Å². The van der Waals surface area contributed by atoms with Crippen LogP contribution in [-0.4, -0.2) is 11.1 Å². The Morgan fingerprint density at radius 1 is 1.50 bits per heavy atom. The fourth-order valence-electron chi connectivity index (χ4n) is 2.31. The zero-order valence-corrected chi connectivity index (χ0v) is 10.8. The lowest BCUT2D eigenvalue weighted by Crippen LogP contribution is -2.24. The highest BCUT2D eigenvalue weighted by Crippen LogP contribution is 2.33. The molecule has 0 aliphatic heterocycles. The molecule has 0 aromatic rings. The second-order valence-corrected chi connectivity index (χ2v) is 5.40. The molecule has 0 amide bonds. The molecule has 0 aromatic heterocycles. The van der Waals surface area contributed by atoms with E-state index >= 15 is 0 Å². The van der Waals surface area contributed by atoms with Gasteiger partial charge in [-0.3, -0.25) is 4.79 Å². The van der Waals surface area contributed by atoms with Gasteiger partial charge in [0, 0.05) is 0 Å². The van der Waals surface area contributed by atoms with Gasteiger partial charge in [-0.15, -0.1) is 0 Å². The first-order valence-electron chi connectivity index (χ1n) is 5.94. The monoisotopic (exact) mass is 222 g/mol. The number of aliphatic carboxylic acids is 1. The number of carbonyl (C=O) groups is 1. The van der Waals surface area contributed by atoms with Gasteiger partial charge in [0.15, 0.2) is 0 Å². The van der Waals surface area contributed by atoms with Crippen LogP contribution in [0.3, 0.4) is 0 Å². The van der Waals surface area contributed by atoms with Gasteiger partial charge >= 0.3 is 5.97 Å². The van der Waals surface area contributed by atoms with E-state index in [-0.39, 0.29) is 0 Å². The summed E-state index contributed by atoms with van der Waals surface area (Å²) >= 11 is 0. The van der Waals surface area contributed by atoms with Crippen molar-refractivity contribution in [2.45, 2.75) is 53.4 Å². The van der Waals surface area contributed by atoms with Crippen LogP contribution < -0.4 is 0 Å². The SMILES string of the molecule is CC1=CCCC/C1=C(/C)CC(C)(C)C(=O)O. The highest BCUT2D eigenvalue weighted by molar-refractivity contribution is 5.74. The van der Waals surface area contributed by atoms with Crippen molar-refractivity contribution < 1.29 is 9.90 Å². The second kappa shape index (κ2) is 4.86. The van der Waals surface area contributed by atoms with Crippen LogP contribution in [0.5, 0.6) is 0 Å².